The Hall–Kier alpha value is -0.940. The van der Waals surface area contributed by atoms with Gasteiger partial charge in [-0.1, -0.05) is 19.8 Å². The SMILES string of the molecule is CCc1nc(C(C)NC(=O)C2CCCCC2(C)N)cs1. The van der Waals surface area contributed by atoms with Crippen LogP contribution in [0.5, 0.6) is 0 Å². The summed E-state index contributed by atoms with van der Waals surface area (Å²) in [5, 5.41) is 6.23. The zero-order valence-corrected chi connectivity index (χ0v) is 13.4. The van der Waals surface area contributed by atoms with E-state index in [0.717, 1.165) is 42.8 Å². The summed E-state index contributed by atoms with van der Waals surface area (Å²) in [6, 6.07) is -0.0447. The number of rotatable bonds is 4. The number of carbonyl (C=O) groups excluding carboxylic acids is 1. The summed E-state index contributed by atoms with van der Waals surface area (Å²) in [6.45, 7) is 6.08. The monoisotopic (exact) mass is 295 g/mol. The second-order valence-electron chi connectivity index (χ2n) is 6.05. The van der Waals surface area contributed by atoms with Gasteiger partial charge in [0.05, 0.1) is 22.7 Å². The van der Waals surface area contributed by atoms with Crippen LogP contribution in [0.2, 0.25) is 0 Å². The van der Waals surface area contributed by atoms with Gasteiger partial charge in [0.25, 0.3) is 0 Å². The zero-order chi connectivity index (χ0) is 14.8. The highest BCUT2D eigenvalue weighted by atomic mass is 32.1. The molecule has 4 nitrogen and oxygen atoms in total. The standard InChI is InChI=1S/C15H25N3OS/c1-4-13-18-12(9-20-13)10(2)17-14(19)11-7-5-6-8-15(11,3)16/h9-11H,4-8,16H2,1-3H3,(H,17,19). The number of carbonyl (C=O) groups is 1. The van der Waals surface area contributed by atoms with Crippen molar-refractivity contribution in [2.75, 3.05) is 0 Å². The van der Waals surface area contributed by atoms with Gasteiger partial charge in [0.2, 0.25) is 5.91 Å². The number of hydrogen-bond acceptors (Lipinski definition) is 4. The first-order chi connectivity index (χ1) is 9.44. The Morgan fingerprint density at radius 2 is 2.40 bits per heavy atom. The van der Waals surface area contributed by atoms with Crippen molar-refractivity contribution < 1.29 is 4.79 Å². The molecule has 1 amide bonds. The first kappa shape index (κ1) is 15.4. The summed E-state index contributed by atoms with van der Waals surface area (Å²) in [5.74, 6) is -0.00349. The predicted octanol–water partition coefficient (Wildman–Crippen LogP) is 2.79. The number of amides is 1. The van der Waals surface area contributed by atoms with Gasteiger partial charge < -0.3 is 11.1 Å². The molecule has 0 radical (unpaired) electrons. The summed E-state index contributed by atoms with van der Waals surface area (Å²) in [5.41, 5.74) is 6.87. The number of thiazole rings is 1. The molecule has 5 heteroatoms. The van der Waals surface area contributed by atoms with E-state index in [1.165, 1.54) is 0 Å². The van der Waals surface area contributed by atoms with Crippen molar-refractivity contribution in [2.45, 2.75) is 64.5 Å². The Bertz CT molecular complexity index is 469. The van der Waals surface area contributed by atoms with Crippen molar-refractivity contribution in [1.82, 2.24) is 10.3 Å². The van der Waals surface area contributed by atoms with Gasteiger partial charge in [-0.15, -0.1) is 11.3 Å². The Morgan fingerprint density at radius 1 is 1.65 bits per heavy atom. The van der Waals surface area contributed by atoms with Gasteiger partial charge in [0, 0.05) is 10.9 Å². The van der Waals surface area contributed by atoms with Crippen LogP contribution < -0.4 is 11.1 Å². The van der Waals surface area contributed by atoms with E-state index in [9.17, 15) is 4.79 Å². The minimum Gasteiger partial charge on any atom is -0.348 e. The highest BCUT2D eigenvalue weighted by Crippen LogP contribution is 2.32. The van der Waals surface area contributed by atoms with Gasteiger partial charge in [0.15, 0.2) is 0 Å². The van der Waals surface area contributed by atoms with E-state index in [-0.39, 0.29) is 23.4 Å². The number of nitrogens with one attached hydrogen (secondary N) is 1. The fourth-order valence-corrected chi connectivity index (χ4v) is 3.70. The maximum atomic E-state index is 12.5. The fraction of sp³-hybridized carbons (Fsp3) is 0.733. The zero-order valence-electron chi connectivity index (χ0n) is 12.6. The van der Waals surface area contributed by atoms with Crippen LogP contribution in [0.15, 0.2) is 5.38 Å². The normalized spacial score (nSPS) is 28.1. The summed E-state index contributed by atoms with van der Waals surface area (Å²) < 4.78 is 0. The highest BCUT2D eigenvalue weighted by Gasteiger charge is 2.38. The molecule has 0 bridgehead atoms. The maximum absolute atomic E-state index is 12.5. The van der Waals surface area contributed by atoms with E-state index in [1.807, 2.05) is 19.2 Å². The lowest BCUT2D eigenvalue weighted by molar-refractivity contribution is -0.128. The lowest BCUT2D eigenvalue weighted by Gasteiger charge is -2.37. The largest absolute Gasteiger partial charge is 0.348 e. The molecule has 0 saturated heterocycles. The van der Waals surface area contributed by atoms with E-state index in [0.29, 0.717) is 0 Å². The van der Waals surface area contributed by atoms with Crippen LogP contribution in [0, 0.1) is 5.92 Å². The molecule has 1 aliphatic carbocycles. The summed E-state index contributed by atoms with van der Waals surface area (Å²) in [6.07, 6.45) is 4.97. The molecule has 1 aliphatic rings. The molecular weight excluding hydrogens is 270 g/mol. The molecule has 0 aliphatic heterocycles. The van der Waals surface area contributed by atoms with Gasteiger partial charge in [-0.05, 0) is 33.1 Å². The number of aryl methyl sites for hydroxylation is 1. The van der Waals surface area contributed by atoms with Crippen molar-refractivity contribution in [2.24, 2.45) is 11.7 Å². The van der Waals surface area contributed by atoms with Gasteiger partial charge >= 0.3 is 0 Å². The number of nitrogens with two attached hydrogens (primary N) is 1. The Labute approximate surface area is 125 Å². The molecule has 1 fully saturated rings. The first-order valence-corrected chi connectivity index (χ1v) is 8.35. The molecule has 1 saturated carbocycles. The molecule has 3 atom stereocenters. The fourth-order valence-electron chi connectivity index (χ4n) is 2.86. The summed E-state index contributed by atoms with van der Waals surface area (Å²) in [4.78, 5) is 17.0. The van der Waals surface area contributed by atoms with Crippen molar-refractivity contribution in [3.8, 4) is 0 Å². The molecule has 112 valence electrons. The minimum atomic E-state index is -0.376. The predicted molar refractivity (Wildman–Crippen MR) is 82.6 cm³/mol. The van der Waals surface area contributed by atoms with Crippen LogP contribution in [0.25, 0.3) is 0 Å². The topological polar surface area (TPSA) is 68.0 Å². The first-order valence-electron chi connectivity index (χ1n) is 7.47. The molecule has 0 spiro atoms. The Kier molecular flexibility index (Phi) is 4.81. The van der Waals surface area contributed by atoms with Crippen molar-refractivity contribution in [3.63, 3.8) is 0 Å². The van der Waals surface area contributed by atoms with E-state index in [4.69, 9.17) is 5.73 Å². The quantitative estimate of drug-likeness (QED) is 0.897. The third-order valence-electron chi connectivity index (χ3n) is 4.25. The molecular formula is C15H25N3OS. The van der Waals surface area contributed by atoms with Crippen LogP contribution in [0.3, 0.4) is 0 Å². The molecule has 20 heavy (non-hydrogen) atoms. The lowest BCUT2D eigenvalue weighted by atomic mass is 9.74. The average molecular weight is 295 g/mol. The lowest BCUT2D eigenvalue weighted by Crippen LogP contribution is -2.53. The van der Waals surface area contributed by atoms with Gasteiger partial charge in [0.1, 0.15) is 0 Å². The number of hydrogen-bond donors (Lipinski definition) is 2. The van der Waals surface area contributed by atoms with Crippen LogP contribution in [-0.4, -0.2) is 16.4 Å². The molecule has 2 rings (SSSR count). The third-order valence-corrected chi connectivity index (χ3v) is 5.26. The smallest absolute Gasteiger partial charge is 0.225 e. The number of aromatic nitrogens is 1. The van der Waals surface area contributed by atoms with Crippen LogP contribution >= 0.6 is 11.3 Å². The van der Waals surface area contributed by atoms with Crippen LogP contribution in [0.1, 0.15) is 63.2 Å². The molecule has 1 aromatic heterocycles. The van der Waals surface area contributed by atoms with E-state index >= 15 is 0 Å². The molecule has 1 aromatic rings. The number of nitrogens with zero attached hydrogens (tertiary/aromatic N) is 1. The van der Waals surface area contributed by atoms with E-state index in [1.54, 1.807) is 11.3 Å². The van der Waals surface area contributed by atoms with Crippen LogP contribution in [0.4, 0.5) is 0 Å². The third kappa shape index (κ3) is 3.38. The maximum Gasteiger partial charge on any atom is 0.225 e. The van der Waals surface area contributed by atoms with Gasteiger partial charge in [-0.2, -0.15) is 0 Å². The molecule has 3 unspecified atom stereocenters. The van der Waals surface area contributed by atoms with Crippen molar-refractivity contribution >= 4 is 17.2 Å². The van der Waals surface area contributed by atoms with E-state index in [2.05, 4.69) is 17.2 Å². The van der Waals surface area contributed by atoms with E-state index < -0.39 is 0 Å². The second kappa shape index (κ2) is 6.22. The average Bonchev–Trinajstić information content (AvgIpc) is 2.86. The second-order valence-corrected chi connectivity index (χ2v) is 7.00. The van der Waals surface area contributed by atoms with Crippen molar-refractivity contribution in [1.29, 1.82) is 0 Å². The summed E-state index contributed by atoms with van der Waals surface area (Å²) >= 11 is 1.65. The molecule has 1 heterocycles. The molecule has 0 aromatic carbocycles. The van der Waals surface area contributed by atoms with Crippen LogP contribution in [-0.2, 0) is 11.2 Å². The van der Waals surface area contributed by atoms with Gasteiger partial charge in [-0.3, -0.25) is 4.79 Å². The Morgan fingerprint density at radius 3 is 3.00 bits per heavy atom. The van der Waals surface area contributed by atoms with Crippen molar-refractivity contribution in [3.05, 3.63) is 16.1 Å². The Balaban J connectivity index is 1.99. The summed E-state index contributed by atoms with van der Waals surface area (Å²) in [7, 11) is 0. The highest BCUT2D eigenvalue weighted by molar-refractivity contribution is 7.09. The minimum absolute atomic E-state index is 0.0447. The van der Waals surface area contributed by atoms with Gasteiger partial charge in [-0.25, -0.2) is 4.98 Å². The molecule has 3 N–H and O–H groups in total.